The van der Waals surface area contributed by atoms with E-state index in [1.54, 1.807) is 0 Å². The molecule has 0 saturated carbocycles. The lowest BCUT2D eigenvalue weighted by Crippen LogP contribution is -1.96. The molecule has 0 N–H and O–H groups in total. The molecular formula is C38H24N2O. The van der Waals surface area contributed by atoms with E-state index in [0.717, 1.165) is 50.0 Å². The van der Waals surface area contributed by atoms with Crippen LogP contribution in [0.5, 0.6) is 0 Å². The molecule has 192 valence electrons. The SMILES string of the molecule is c1ccc(-c2cc(-c3ccc(-c4ccc5ccccc5c4)cc3)nc(-c3ccc4oc5ccccc5c4c3)n2)cc1. The Morgan fingerprint density at radius 2 is 0.976 bits per heavy atom. The van der Waals surface area contributed by atoms with Crippen LogP contribution in [0.15, 0.2) is 150 Å². The van der Waals surface area contributed by atoms with Crippen LogP contribution in [0.4, 0.5) is 0 Å². The van der Waals surface area contributed by atoms with Crippen molar-refractivity contribution >= 4 is 32.7 Å². The second kappa shape index (κ2) is 9.58. The first-order valence-corrected chi connectivity index (χ1v) is 13.7. The Hall–Kier alpha value is -5.54. The lowest BCUT2D eigenvalue weighted by molar-refractivity contribution is 0.669. The van der Waals surface area contributed by atoms with Crippen molar-refractivity contribution in [3.63, 3.8) is 0 Å². The van der Waals surface area contributed by atoms with E-state index in [0.29, 0.717) is 5.82 Å². The van der Waals surface area contributed by atoms with Crippen molar-refractivity contribution in [2.45, 2.75) is 0 Å². The summed E-state index contributed by atoms with van der Waals surface area (Å²) in [6, 6.07) is 50.4. The highest BCUT2D eigenvalue weighted by Crippen LogP contribution is 2.34. The van der Waals surface area contributed by atoms with Crippen LogP contribution < -0.4 is 0 Å². The van der Waals surface area contributed by atoms with Crippen molar-refractivity contribution in [1.82, 2.24) is 9.97 Å². The number of benzene rings is 6. The van der Waals surface area contributed by atoms with E-state index >= 15 is 0 Å². The number of hydrogen-bond acceptors (Lipinski definition) is 3. The van der Waals surface area contributed by atoms with Gasteiger partial charge >= 0.3 is 0 Å². The maximum absolute atomic E-state index is 6.06. The average Bonchev–Trinajstić information content (AvgIpc) is 3.43. The predicted octanol–water partition coefficient (Wildman–Crippen LogP) is 10.2. The van der Waals surface area contributed by atoms with Gasteiger partial charge < -0.3 is 4.42 Å². The largest absolute Gasteiger partial charge is 0.456 e. The highest BCUT2D eigenvalue weighted by Gasteiger charge is 2.13. The normalized spacial score (nSPS) is 11.4. The third kappa shape index (κ3) is 4.25. The van der Waals surface area contributed by atoms with Gasteiger partial charge in [0.1, 0.15) is 11.2 Å². The lowest BCUT2D eigenvalue weighted by Gasteiger charge is -2.10. The number of para-hydroxylation sites is 1. The molecule has 8 aromatic rings. The minimum Gasteiger partial charge on any atom is -0.456 e. The van der Waals surface area contributed by atoms with E-state index in [2.05, 4.69) is 97.1 Å². The highest BCUT2D eigenvalue weighted by atomic mass is 16.3. The van der Waals surface area contributed by atoms with Crippen molar-refractivity contribution in [2.75, 3.05) is 0 Å². The van der Waals surface area contributed by atoms with Crippen LogP contribution in [0.25, 0.3) is 77.7 Å². The van der Waals surface area contributed by atoms with E-state index in [-0.39, 0.29) is 0 Å². The van der Waals surface area contributed by atoms with Crippen molar-refractivity contribution in [2.24, 2.45) is 0 Å². The van der Waals surface area contributed by atoms with E-state index in [9.17, 15) is 0 Å². The van der Waals surface area contributed by atoms with E-state index in [1.807, 2.05) is 48.5 Å². The topological polar surface area (TPSA) is 38.9 Å². The molecule has 0 spiro atoms. The van der Waals surface area contributed by atoms with Crippen molar-refractivity contribution in [3.8, 4) is 45.0 Å². The minimum absolute atomic E-state index is 0.687. The zero-order valence-electron chi connectivity index (χ0n) is 22.2. The van der Waals surface area contributed by atoms with Gasteiger partial charge in [-0.15, -0.1) is 0 Å². The first-order chi connectivity index (χ1) is 20.3. The van der Waals surface area contributed by atoms with Gasteiger partial charge in [-0.2, -0.15) is 0 Å². The van der Waals surface area contributed by atoms with Gasteiger partial charge in [-0.25, -0.2) is 9.97 Å². The predicted molar refractivity (Wildman–Crippen MR) is 169 cm³/mol. The van der Waals surface area contributed by atoms with Gasteiger partial charge in [0.2, 0.25) is 0 Å². The van der Waals surface area contributed by atoms with Crippen LogP contribution in [0.1, 0.15) is 0 Å². The minimum atomic E-state index is 0.687. The van der Waals surface area contributed by atoms with Crippen LogP contribution in [-0.4, -0.2) is 9.97 Å². The molecule has 41 heavy (non-hydrogen) atoms. The molecule has 0 saturated heterocycles. The molecule has 0 atom stereocenters. The summed E-state index contributed by atoms with van der Waals surface area (Å²) in [6.45, 7) is 0. The molecule has 0 aliphatic heterocycles. The van der Waals surface area contributed by atoms with Crippen molar-refractivity contribution in [3.05, 3.63) is 146 Å². The number of fused-ring (bicyclic) bond motifs is 4. The Bertz CT molecular complexity index is 2200. The third-order valence-corrected chi connectivity index (χ3v) is 7.69. The molecule has 0 amide bonds. The van der Waals surface area contributed by atoms with Crippen LogP contribution in [0.2, 0.25) is 0 Å². The molecule has 0 radical (unpaired) electrons. The van der Waals surface area contributed by atoms with Crippen LogP contribution in [0, 0.1) is 0 Å². The van der Waals surface area contributed by atoms with Crippen molar-refractivity contribution in [1.29, 1.82) is 0 Å². The molecule has 0 bridgehead atoms. The van der Waals surface area contributed by atoms with E-state index < -0.39 is 0 Å². The molecule has 6 aromatic carbocycles. The summed E-state index contributed by atoms with van der Waals surface area (Å²) in [5.74, 6) is 0.687. The monoisotopic (exact) mass is 524 g/mol. The maximum Gasteiger partial charge on any atom is 0.160 e. The number of furan rings is 1. The quantitative estimate of drug-likeness (QED) is 0.230. The smallest absolute Gasteiger partial charge is 0.160 e. The second-order valence-electron chi connectivity index (χ2n) is 10.3. The van der Waals surface area contributed by atoms with Crippen LogP contribution in [-0.2, 0) is 0 Å². The molecule has 2 aromatic heterocycles. The molecule has 3 nitrogen and oxygen atoms in total. The zero-order valence-corrected chi connectivity index (χ0v) is 22.2. The third-order valence-electron chi connectivity index (χ3n) is 7.69. The van der Waals surface area contributed by atoms with Gasteiger partial charge in [-0.1, -0.05) is 109 Å². The Morgan fingerprint density at radius 3 is 1.80 bits per heavy atom. The maximum atomic E-state index is 6.06. The molecule has 3 heteroatoms. The van der Waals surface area contributed by atoms with Crippen LogP contribution >= 0.6 is 0 Å². The Balaban J connectivity index is 1.24. The average molecular weight is 525 g/mol. The Labute approximate surface area is 237 Å². The number of hydrogen-bond donors (Lipinski definition) is 0. The number of aromatic nitrogens is 2. The summed E-state index contributed by atoms with van der Waals surface area (Å²) in [6.07, 6.45) is 0. The molecule has 2 heterocycles. The molecule has 0 unspecified atom stereocenters. The van der Waals surface area contributed by atoms with E-state index in [4.69, 9.17) is 14.4 Å². The standard InChI is InChI=1S/C38H24N2O/c1-2-9-27(10-3-1)34-24-35(28-17-14-26(15-18-28)30-19-16-25-8-4-5-11-29(25)22-30)40-38(39-34)31-20-21-37-33(23-31)32-12-6-7-13-36(32)41-37/h1-24H. The van der Waals surface area contributed by atoms with Gasteiger partial charge in [0, 0.05) is 27.5 Å². The van der Waals surface area contributed by atoms with Crippen molar-refractivity contribution < 1.29 is 4.42 Å². The van der Waals surface area contributed by atoms with E-state index in [1.165, 1.54) is 21.9 Å². The number of rotatable bonds is 4. The fourth-order valence-corrected chi connectivity index (χ4v) is 5.55. The fourth-order valence-electron chi connectivity index (χ4n) is 5.55. The summed E-state index contributed by atoms with van der Waals surface area (Å²) in [7, 11) is 0. The zero-order chi connectivity index (χ0) is 27.2. The van der Waals surface area contributed by atoms with Gasteiger partial charge in [0.25, 0.3) is 0 Å². The van der Waals surface area contributed by atoms with Crippen LogP contribution in [0.3, 0.4) is 0 Å². The number of nitrogens with zero attached hydrogens (tertiary/aromatic N) is 2. The molecule has 0 fully saturated rings. The summed E-state index contributed by atoms with van der Waals surface area (Å²) in [5.41, 5.74) is 8.95. The lowest BCUT2D eigenvalue weighted by atomic mass is 9.99. The highest BCUT2D eigenvalue weighted by molar-refractivity contribution is 6.06. The first-order valence-electron chi connectivity index (χ1n) is 13.7. The molecular weight excluding hydrogens is 500 g/mol. The van der Waals surface area contributed by atoms with Gasteiger partial charge in [-0.05, 0) is 58.3 Å². The fraction of sp³-hybridized carbons (Fsp3) is 0. The van der Waals surface area contributed by atoms with Gasteiger partial charge in [0.05, 0.1) is 11.4 Å². The first kappa shape index (κ1) is 23.4. The summed E-state index contributed by atoms with van der Waals surface area (Å²) < 4.78 is 6.06. The summed E-state index contributed by atoms with van der Waals surface area (Å²) in [5, 5.41) is 4.64. The van der Waals surface area contributed by atoms with Gasteiger partial charge in [0.15, 0.2) is 5.82 Å². The summed E-state index contributed by atoms with van der Waals surface area (Å²) in [4.78, 5) is 10.1. The molecule has 8 rings (SSSR count). The summed E-state index contributed by atoms with van der Waals surface area (Å²) >= 11 is 0. The molecule has 0 aliphatic carbocycles. The Kier molecular flexibility index (Phi) is 5.46. The Morgan fingerprint density at radius 1 is 0.366 bits per heavy atom. The molecule has 0 aliphatic rings. The van der Waals surface area contributed by atoms with Gasteiger partial charge in [-0.3, -0.25) is 0 Å². The second-order valence-corrected chi connectivity index (χ2v) is 10.3.